The van der Waals surface area contributed by atoms with Gasteiger partial charge in [-0.25, -0.2) is 0 Å². The van der Waals surface area contributed by atoms with E-state index in [-0.39, 0.29) is 53.6 Å². The quantitative estimate of drug-likeness (QED) is 0.327. The molecule has 2 rings (SSSR count). The van der Waals surface area contributed by atoms with Gasteiger partial charge < -0.3 is 20.5 Å². The third-order valence-corrected chi connectivity index (χ3v) is 4.09. The minimum Gasteiger partial charge on any atom is -0.487 e. The highest BCUT2D eigenvalue weighted by atomic mass is 16.5. The van der Waals surface area contributed by atoms with Gasteiger partial charge in [0.1, 0.15) is 18.0 Å². The zero-order valence-corrected chi connectivity index (χ0v) is 15.9. The van der Waals surface area contributed by atoms with Gasteiger partial charge in [-0.05, 0) is 26.0 Å². The first kappa shape index (κ1) is 20.5. The van der Waals surface area contributed by atoms with Crippen LogP contribution >= 0.6 is 0 Å². The van der Waals surface area contributed by atoms with E-state index in [0.29, 0.717) is 5.75 Å². The Morgan fingerprint density at radius 3 is 2.63 bits per heavy atom. The second kappa shape index (κ2) is 7.81. The molecular weight excluding hydrogens is 351 g/mol. The molecule has 1 atom stereocenters. The number of hydrogen-bond donors (Lipinski definition) is 2. The highest BCUT2D eigenvalue weighted by Gasteiger charge is 2.35. The zero-order valence-electron chi connectivity index (χ0n) is 15.9. The molecule has 0 aliphatic carbocycles. The minimum absolute atomic E-state index is 0.0621. The number of amides is 1. The molecular formula is C18H23BN2O6. The highest BCUT2D eigenvalue weighted by Crippen LogP contribution is 2.38. The van der Waals surface area contributed by atoms with Gasteiger partial charge in [0.05, 0.1) is 23.7 Å². The van der Waals surface area contributed by atoms with Crippen molar-refractivity contribution in [2.24, 2.45) is 0 Å². The first-order valence-corrected chi connectivity index (χ1v) is 8.58. The van der Waals surface area contributed by atoms with Crippen molar-refractivity contribution in [2.75, 3.05) is 12.3 Å². The van der Waals surface area contributed by atoms with Crippen LogP contribution in [-0.2, 0) is 9.53 Å². The number of ether oxygens (including phenoxy) is 2. The molecule has 0 bridgehead atoms. The molecule has 3 N–H and O–H groups in total. The standard InChI is InChI=1S/C18H23BN2O6/c1-9(22)26-8-10(21-17(19)25)6-12(23)11-4-5-14-15(16(11)20)13(24)7-18(2,3)27-14/h4-5,10H,6-8,19-20H2,1-3H3,(H,21,25)/t10-/m1/s1. The van der Waals surface area contributed by atoms with E-state index in [1.54, 1.807) is 19.9 Å². The van der Waals surface area contributed by atoms with Gasteiger partial charge in [-0.2, -0.15) is 0 Å². The number of ketones is 2. The third kappa shape index (κ3) is 5.09. The first-order valence-electron chi connectivity index (χ1n) is 8.58. The van der Waals surface area contributed by atoms with Gasteiger partial charge in [-0.15, -0.1) is 0 Å². The number of carbonyl (C=O) groups is 4. The molecule has 9 heteroatoms. The van der Waals surface area contributed by atoms with Crippen molar-refractivity contribution in [1.82, 2.24) is 5.32 Å². The fourth-order valence-corrected chi connectivity index (χ4v) is 3.01. The molecule has 8 nitrogen and oxygen atoms in total. The Morgan fingerprint density at radius 2 is 2.04 bits per heavy atom. The van der Waals surface area contributed by atoms with Crippen LogP contribution in [0.5, 0.6) is 5.75 Å². The molecule has 1 amide bonds. The number of esters is 1. The van der Waals surface area contributed by atoms with Gasteiger partial charge in [-0.3, -0.25) is 19.2 Å². The summed E-state index contributed by atoms with van der Waals surface area (Å²) in [6.07, 6.45) is 0.0270. The number of nitrogens with two attached hydrogens (primary N) is 1. The van der Waals surface area contributed by atoms with Crippen LogP contribution in [0.2, 0.25) is 0 Å². The first-order chi connectivity index (χ1) is 12.5. The molecule has 1 aromatic carbocycles. The smallest absolute Gasteiger partial charge is 0.302 e. The molecule has 27 heavy (non-hydrogen) atoms. The summed E-state index contributed by atoms with van der Waals surface area (Å²) >= 11 is 0. The lowest BCUT2D eigenvalue weighted by Crippen LogP contribution is -2.40. The fourth-order valence-electron chi connectivity index (χ4n) is 3.01. The summed E-state index contributed by atoms with van der Waals surface area (Å²) in [5, 5.41) is 2.57. The zero-order chi connectivity index (χ0) is 20.4. The number of Topliss-reactive ketones (excluding diaryl/α,β-unsaturated/α-hetero) is 2. The number of benzene rings is 1. The molecule has 0 saturated carbocycles. The Balaban J connectivity index is 2.25. The number of fused-ring (bicyclic) bond motifs is 1. The molecule has 0 fully saturated rings. The predicted molar refractivity (Wildman–Crippen MR) is 101 cm³/mol. The van der Waals surface area contributed by atoms with Crippen LogP contribution in [0.15, 0.2) is 12.1 Å². The molecule has 0 aromatic heterocycles. The van der Waals surface area contributed by atoms with Gasteiger partial charge in [0.25, 0.3) is 0 Å². The summed E-state index contributed by atoms with van der Waals surface area (Å²) in [5.41, 5.74) is 5.89. The predicted octanol–water partition coefficient (Wildman–Crippen LogP) is 0.860. The van der Waals surface area contributed by atoms with Crippen molar-refractivity contribution < 1.29 is 28.7 Å². The van der Waals surface area contributed by atoms with Gasteiger partial charge in [0.15, 0.2) is 17.4 Å². The van der Waals surface area contributed by atoms with Crippen molar-refractivity contribution in [2.45, 2.75) is 45.3 Å². The number of rotatable bonds is 6. The maximum absolute atomic E-state index is 12.7. The number of nitrogens with one attached hydrogen (secondary N) is 1. The van der Waals surface area contributed by atoms with Crippen molar-refractivity contribution in [3.63, 3.8) is 0 Å². The van der Waals surface area contributed by atoms with E-state index >= 15 is 0 Å². The topological polar surface area (TPSA) is 125 Å². The maximum Gasteiger partial charge on any atom is 0.302 e. The lowest BCUT2D eigenvalue weighted by atomic mass is 9.89. The second-order valence-electron chi connectivity index (χ2n) is 7.19. The number of hydrogen-bond acceptors (Lipinski definition) is 7. The second-order valence-corrected chi connectivity index (χ2v) is 7.19. The summed E-state index contributed by atoms with van der Waals surface area (Å²) in [6.45, 7) is 4.70. The summed E-state index contributed by atoms with van der Waals surface area (Å²) < 4.78 is 10.7. The lowest BCUT2D eigenvalue weighted by Gasteiger charge is -2.32. The highest BCUT2D eigenvalue weighted by molar-refractivity contribution is 6.57. The van der Waals surface area contributed by atoms with Crippen LogP contribution in [0.4, 0.5) is 10.5 Å². The van der Waals surface area contributed by atoms with E-state index < -0.39 is 17.6 Å². The number of carbonyl (C=O) groups excluding carboxylic acids is 4. The number of nitrogen functional groups attached to an aromatic ring is 1. The summed E-state index contributed by atoms with van der Waals surface area (Å²) in [6, 6.07) is 2.36. The fraction of sp³-hybridized carbons (Fsp3) is 0.444. The lowest BCUT2D eigenvalue weighted by molar-refractivity contribution is -0.141. The van der Waals surface area contributed by atoms with Crippen molar-refractivity contribution in [3.8, 4) is 5.75 Å². The SMILES string of the molecule is BC(=O)N[C@@H](COC(C)=O)CC(=O)c1ccc2c(c1N)C(=O)CC(C)(C)O2. The summed E-state index contributed by atoms with van der Waals surface area (Å²) in [5.74, 6) is -1.09. The molecule has 0 spiro atoms. The van der Waals surface area contributed by atoms with E-state index in [1.807, 2.05) is 0 Å². The molecule has 1 aliphatic heterocycles. The Bertz CT molecular complexity index is 805. The number of anilines is 1. The maximum atomic E-state index is 12.7. The largest absolute Gasteiger partial charge is 0.487 e. The Labute approximate surface area is 158 Å². The van der Waals surface area contributed by atoms with Crippen LogP contribution in [-0.4, -0.2) is 49.4 Å². The van der Waals surface area contributed by atoms with Gasteiger partial charge in [0.2, 0.25) is 7.85 Å². The van der Waals surface area contributed by atoms with Crippen molar-refractivity contribution in [1.29, 1.82) is 0 Å². The van der Waals surface area contributed by atoms with Crippen molar-refractivity contribution >= 4 is 36.9 Å². The molecule has 0 unspecified atom stereocenters. The van der Waals surface area contributed by atoms with E-state index in [1.165, 1.54) is 20.8 Å². The van der Waals surface area contributed by atoms with Crippen LogP contribution < -0.4 is 15.8 Å². The van der Waals surface area contributed by atoms with Gasteiger partial charge in [0, 0.05) is 18.9 Å². The van der Waals surface area contributed by atoms with Gasteiger partial charge >= 0.3 is 5.97 Å². The third-order valence-electron chi connectivity index (χ3n) is 4.09. The summed E-state index contributed by atoms with van der Waals surface area (Å²) in [4.78, 5) is 47.5. The van der Waals surface area contributed by atoms with Crippen LogP contribution in [0.25, 0.3) is 0 Å². The normalized spacial score (nSPS) is 15.9. The monoisotopic (exact) mass is 374 g/mol. The molecule has 1 aromatic rings. The van der Waals surface area contributed by atoms with E-state index in [0.717, 1.165) is 0 Å². The van der Waals surface area contributed by atoms with Crippen molar-refractivity contribution in [3.05, 3.63) is 23.3 Å². The average Bonchev–Trinajstić information content (AvgIpc) is 2.50. The molecule has 0 saturated heterocycles. The molecule has 0 radical (unpaired) electrons. The average molecular weight is 374 g/mol. The molecule has 1 aliphatic rings. The van der Waals surface area contributed by atoms with E-state index in [9.17, 15) is 19.2 Å². The Hall–Kier alpha value is -2.84. The summed E-state index contributed by atoms with van der Waals surface area (Å²) in [7, 11) is 1.30. The van der Waals surface area contributed by atoms with Crippen LogP contribution in [0.1, 0.15) is 54.3 Å². The van der Waals surface area contributed by atoms with Crippen LogP contribution in [0.3, 0.4) is 0 Å². The Kier molecular flexibility index (Phi) is 5.93. The molecule has 144 valence electrons. The molecule has 1 heterocycles. The van der Waals surface area contributed by atoms with Gasteiger partial charge in [-0.1, -0.05) is 0 Å². The van der Waals surface area contributed by atoms with Crippen LogP contribution in [0, 0.1) is 0 Å². The minimum atomic E-state index is -0.694. The Morgan fingerprint density at radius 1 is 1.37 bits per heavy atom. The van der Waals surface area contributed by atoms with E-state index in [4.69, 9.17) is 15.2 Å². The van der Waals surface area contributed by atoms with E-state index in [2.05, 4.69) is 5.32 Å².